The fourth-order valence-electron chi connectivity index (χ4n) is 2.75. The lowest BCUT2D eigenvalue weighted by molar-refractivity contribution is 0.488. The molecule has 5 heteroatoms. The summed E-state index contributed by atoms with van der Waals surface area (Å²) < 4.78 is 1.03. The van der Waals surface area contributed by atoms with Crippen LogP contribution in [0, 0.1) is 24.2 Å². The second kappa shape index (κ2) is 6.95. The highest BCUT2D eigenvalue weighted by Crippen LogP contribution is 2.36. The number of hydrogen-bond donors (Lipinski definition) is 1. The Hall–Kier alpha value is -1.54. The standard InChI is InChI=1S/C14H15BrN4.C2H6/c1-9-7-17-14-12(9)13(11(15)8-18-14)19-4-2-10(6-16)3-5-19;1-2/h7-8,10H,2-5H2,1H3,(H,17,18);1-2H3. The van der Waals surface area contributed by atoms with Gasteiger partial charge in [0.1, 0.15) is 5.65 Å². The molecule has 0 bridgehead atoms. The van der Waals surface area contributed by atoms with Crippen molar-refractivity contribution in [2.24, 2.45) is 5.92 Å². The summed E-state index contributed by atoms with van der Waals surface area (Å²) in [5.41, 5.74) is 3.35. The first-order valence-corrected chi connectivity index (χ1v) is 8.26. The maximum atomic E-state index is 8.99. The van der Waals surface area contributed by atoms with Crippen LogP contribution in [-0.4, -0.2) is 23.1 Å². The van der Waals surface area contributed by atoms with Crippen LogP contribution in [0.3, 0.4) is 0 Å². The monoisotopic (exact) mass is 348 g/mol. The third-order valence-corrected chi connectivity index (χ3v) is 4.40. The van der Waals surface area contributed by atoms with Gasteiger partial charge in [-0.3, -0.25) is 0 Å². The van der Waals surface area contributed by atoms with Gasteiger partial charge in [0.2, 0.25) is 0 Å². The fraction of sp³-hybridized carbons (Fsp3) is 0.500. The zero-order valence-electron chi connectivity index (χ0n) is 12.8. The molecule has 4 nitrogen and oxygen atoms in total. The van der Waals surface area contributed by atoms with Crippen molar-refractivity contribution in [2.45, 2.75) is 33.6 Å². The highest BCUT2D eigenvalue weighted by atomic mass is 79.9. The van der Waals surface area contributed by atoms with Crippen LogP contribution in [0.25, 0.3) is 11.0 Å². The number of piperidine rings is 1. The maximum Gasteiger partial charge on any atom is 0.139 e. The Bertz CT molecular complexity index is 648. The number of pyridine rings is 1. The van der Waals surface area contributed by atoms with Gasteiger partial charge in [-0.15, -0.1) is 0 Å². The molecular weight excluding hydrogens is 328 g/mol. The lowest BCUT2D eigenvalue weighted by Gasteiger charge is -2.32. The maximum absolute atomic E-state index is 8.99. The van der Waals surface area contributed by atoms with Crippen molar-refractivity contribution in [1.82, 2.24) is 9.97 Å². The molecule has 1 aliphatic heterocycles. The molecule has 21 heavy (non-hydrogen) atoms. The highest BCUT2D eigenvalue weighted by molar-refractivity contribution is 9.10. The first-order valence-electron chi connectivity index (χ1n) is 7.47. The summed E-state index contributed by atoms with van der Waals surface area (Å²) in [6.07, 6.45) is 5.73. The van der Waals surface area contributed by atoms with Crippen molar-refractivity contribution in [2.75, 3.05) is 18.0 Å². The van der Waals surface area contributed by atoms with Crippen LogP contribution in [-0.2, 0) is 0 Å². The van der Waals surface area contributed by atoms with Crippen molar-refractivity contribution in [1.29, 1.82) is 5.26 Å². The van der Waals surface area contributed by atoms with E-state index >= 15 is 0 Å². The van der Waals surface area contributed by atoms with Gasteiger partial charge in [0.25, 0.3) is 0 Å². The van der Waals surface area contributed by atoms with Gasteiger partial charge in [-0.25, -0.2) is 4.98 Å². The number of hydrogen-bond acceptors (Lipinski definition) is 3. The Balaban J connectivity index is 0.000000774. The van der Waals surface area contributed by atoms with Crippen LogP contribution < -0.4 is 4.90 Å². The molecule has 2 aromatic rings. The Morgan fingerprint density at radius 3 is 2.67 bits per heavy atom. The molecule has 1 aliphatic rings. The number of rotatable bonds is 1. The van der Waals surface area contributed by atoms with Crippen LogP contribution in [0.5, 0.6) is 0 Å². The number of halogens is 1. The Labute approximate surface area is 134 Å². The molecule has 0 saturated carbocycles. The molecule has 1 fully saturated rings. The van der Waals surface area contributed by atoms with Gasteiger partial charge in [-0.1, -0.05) is 13.8 Å². The molecule has 3 rings (SSSR count). The van der Waals surface area contributed by atoms with Crippen molar-refractivity contribution in [3.8, 4) is 6.07 Å². The van der Waals surface area contributed by atoms with Crippen molar-refractivity contribution >= 4 is 32.7 Å². The van der Waals surface area contributed by atoms with Crippen LogP contribution in [0.2, 0.25) is 0 Å². The summed E-state index contributed by atoms with van der Waals surface area (Å²) in [7, 11) is 0. The predicted octanol–water partition coefficient (Wildman–Crippen LogP) is 4.40. The molecule has 0 unspecified atom stereocenters. The van der Waals surface area contributed by atoms with Crippen molar-refractivity contribution in [3.05, 3.63) is 22.4 Å². The summed E-state index contributed by atoms with van der Waals surface area (Å²) >= 11 is 3.62. The third-order valence-electron chi connectivity index (χ3n) is 3.82. The minimum atomic E-state index is 0.208. The number of fused-ring (bicyclic) bond motifs is 1. The third kappa shape index (κ3) is 3.06. The van der Waals surface area contributed by atoms with E-state index in [-0.39, 0.29) is 5.92 Å². The van der Waals surface area contributed by atoms with Crippen molar-refractivity contribution < 1.29 is 0 Å². The van der Waals surface area contributed by atoms with Crippen molar-refractivity contribution in [3.63, 3.8) is 0 Å². The minimum absolute atomic E-state index is 0.208. The molecule has 112 valence electrons. The van der Waals surface area contributed by atoms with Crippen LogP contribution in [0.4, 0.5) is 5.69 Å². The van der Waals surface area contributed by atoms with Crippen LogP contribution >= 0.6 is 15.9 Å². The molecule has 0 atom stereocenters. The van der Waals surface area contributed by atoms with E-state index in [1.807, 2.05) is 26.2 Å². The number of nitriles is 1. The van der Waals surface area contributed by atoms with E-state index in [4.69, 9.17) is 5.26 Å². The number of aryl methyl sites for hydroxylation is 1. The highest BCUT2D eigenvalue weighted by Gasteiger charge is 2.23. The zero-order chi connectivity index (χ0) is 15.4. The molecule has 2 aromatic heterocycles. The summed E-state index contributed by atoms with van der Waals surface area (Å²) in [6.45, 7) is 7.96. The molecule has 0 aliphatic carbocycles. The molecule has 3 heterocycles. The van der Waals surface area contributed by atoms with E-state index in [1.54, 1.807) is 0 Å². The topological polar surface area (TPSA) is 55.7 Å². The molecular formula is C16H21BrN4. The lowest BCUT2D eigenvalue weighted by Crippen LogP contribution is -2.33. The molecule has 1 saturated heterocycles. The average molecular weight is 349 g/mol. The number of aromatic nitrogens is 2. The number of aromatic amines is 1. The lowest BCUT2D eigenvalue weighted by atomic mass is 9.98. The first kappa shape index (κ1) is 15.8. The van der Waals surface area contributed by atoms with Crippen LogP contribution in [0.1, 0.15) is 32.3 Å². The smallest absolute Gasteiger partial charge is 0.139 e. The second-order valence-corrected chi connectivity index (χ2v) is 5.89. The molecule has 0 aromatic carbocycles. The van der Waals surface area contributed by atoms with Gasteiger partial charge in [0.15, 0.2) is 0 Å². The Morgan fingerprint density at radius 2 is 2.05 bits per heavy atom. The number of nitrogens with one attached hydrogen (secondary N) is 1. The predicted molar refractivity (Wildman–Crippen MR) is 90.4 cm³/mol. The van der Waals surface area contributed by atoms with E-state index in [0.29, 0.717) is 0 Å². The Morgan fingerprint density at radius 1 is 1.38 bits per heavy atom. The van der Waals surface area contributed by atoms with Gasteiger partial charge >= 0.3 is 0 Å². The van der Waals surface area contributed by atoms with Gasteiger partial charge in [-0.2, -0.15) is 5.26 Å². The van der Waals surface area contributed by atoms with E-state index in [1.165, 1.54) is 16.6 Å². The molecule has 0 amide bonds. The summed E-state index contributed by atoms with van der Waals surface area (Å²) in [4.78, 5) is 9.97. The number of anilines is 1. The summed E-state index contributed by atoms with van der Waals surface area (Å²) in [5.74, 6) is 0.208. The van der Waals surface area contributed by atoms with Gasteiger partial charge < -0.3 is 9.88 Å². The van der Waals surface area contributed by atoms with Gasteiger partial charge in [-0.05, 0) is 41.3 Å². The van der Waals surface area contributed by atoms with Gasteiger partial charge in [0.05, 0.1) is 16.2 Å². The Kier molecular flexibility index (Phi) is 5.24. The quantitative estimate of drug-likeness (QED) is 0.830. The van der Waals surface area contributed by atoms with E-state index in [0.717, 1.165) is 36.1 Å². The van der Waals surface area contributed by atoms with Gasteiger partial charge in [0, 0.05) is 36.8 Å². The summed E-state index contributed by atoms with van der Waals surface area (Å²) in [6, 6.07) is 2.38. The fourth-order valence-corrected chi connectivity index (χ4v) is 3.30. The largest absolute Gasteiger partial charge is 0.370 e. The van der Waals surface area contributed by atoms with E-state index < -0.39 is 0 Å². The number of H-pyrrole nitrogens is 1. The average Bonchev–Trinajstić information content (AvgIpc) is 2.91. The SMILES string of the molecule is CC.Cc1c[nH]c2ncc(Br)c(N3CCC(C#N)CC3)c12. The van der Waals surface area contributed by atoms with E-state index in [2.05, 4.69) is 43.8 Å². The minimum Gasteiger partial charge on any atom is -0.370 e. The first-order chi connectivity index (χ1) is 10.2. The number of nitrogens with zero attached hydrogens (tertiary/aromatic N) is 3. The summed E-state index contributed by atoms with van der Waals surface area (Å²) in [5, 5.41) is 10.2. The zero-order valence-corrected chi connectivity index (χ0v) is 14.4. The van der Waals surface area contributed by atoms with E-state index in [9.17, 15) is 0 Å². The molecule has 0 radical (unpaired) electrons. The molecule has 1 N–H and O–H groups in total. The second-order valence-electron chi connectivity index (χ2n) is 5.04. The molecule has 0 spiro atoms. The normalized spacial score (nSPS) is 15.5. The van der Waals surface area contributed by atoms with Crippen LogP contribution in [0.15, 0.2) is 16.9 Å².